The summed E-state index contributed by atoms with van der Waals surface area (Å²) in [6, 6.07) is 12.2. The lowest BCUT2D eigenvalue weighted by Gasteiger charge is -2.25. The molecule has 2 N–H and O–H groups in total. The fourth-order valence-corrected chi connectivity index (χ4v) is 2.69. The second-order valence-electron chi connectivity index (χ2n) is 5.08. The van der Waals surface area contributed by atoms with Crippen LogP contribution in [0.15, 0.2) is 49.0 Å². The van der Waals surface area contributed by atoms with Gasteiger partial charge in [-0.3, -0.25) is 15.6 Å². The number of hydrogen-bond acceptors (Lipinski definition) is 4. The average Bonchev–Trinajstić information content (AvgIpc) is 2.59. The molecule has 0 spiro atoms. The normalized spacial score (nSPS) is 15.5. The van der Waals surface area contributed by atoms with Crippen LogP contribution in [-0.2, 0) is 4.79 Å². The van der Waals surface area contributed by atoms with Crippen LogP contribution < -0.4 is 20.3 Å². The standard InChI is InChI=1S/C17H14Cl2N2O3/c1-10(12-7-6-11(18)8-13(12)19)20-21-17(22)16-9-23-14-4-2-3-5-15(14)24-16/h2-8,16,20H,1,9H2,(H,21,22). The summed E-state index contributed by atoms with van der Waals surface area (Å²) in [7, 11) is 0. The van der Waals surface area contributed by atoms with Crippen molar-refractivity contribution >= 4 is 34.8 Å². The number of fused-ring (bicyclic) bond motifs is 1. The fourth-order valence-electron chi connectivity index (χ4n) is 2.17. The molecule has 1 amide bonds. The van der Waals surface area contributed by atoms with Gasteiger partial charge in [0.05, 0.1) is 10.7 Å². The maximum atomic E-state index is 12.2. The summed E-state index contributed by atoms with van der Waals surface area (Å²) in [5.74, 6) is 0.770. The Morgan fingerprint density at radius 3 is 2.62 bits per heavy atom. The molecule has 1 unspecified atom stereocenters. The van der Waals surface area contributed by atoms with Gasteiger partial charge in [0.1, 0.15) is 6.61 Å². The van der Waals surface area contributed by atoms with E-state index in [-0.39, 0.29) is 12.5 Å². The first kappa shape index (κ1) is 16.5. The Bertz CT molecular complexity index is 795. The van der Waals surface area contributed by atoms with Crippen LogP contribution in [-0.4, -0.2) is 18.6 Å². The molecular weight excluding hydrogens is 351 g/mol. The zero-order valence-corrected chi connectivity index (χ0v) is 14.0. The van der Waals surface area contributed by atoms with E-state index in [2.05, 4.69) is 17.4 Å². The second kappa shape index (κ2) is 7.03. The molecule has 124 valence electrons. The van der Waals surface area contributed by atoms with Gasteiger partial charge in [-0.1, -0.05) is 41.9 Å². The highest BCUT2D eigenvalue weighted by molar-refractivity contribution is 6.35. The molecule has 3 rings (SSSR count). The number of benzene rings is 2. The van der Waals surface area contributed by atoms with E-state index >= 15 is 0 Å². The topological polar surface area (TPSA) is 59.6 Å². The Hall–Kier alpha value is -2.37. The number of para-hydroxylation sites is 2. The van der Waals surface area contributed by atoms with Crippen LogP contribution >= 0.6 is 23.2 Å². The maximum absolute atomic E-state index is 12.2. The number of hydrazine groups is 1. The number of amides is 1. The molecule has 1 atom stereocenters. The summed E-state index contributed by atoms with van der Waals surface area (Å²) in [5.41, 5.74) is 6.33. The van der Waals surface area contributed by atoms with Crippen molar-refractivity contribution in [2.24, 2.45) is 0 Å². The van der Waals surface area contributed by atoms with Crippen molar-refractivity contribution in [3.8, 4) is 11.5 Å². The molecule has 1 aliphatic heterocycles. The molecule has 0 saturated carbocycles. The molecule has 1 heterocycles. The van der Waals surface area contributed by atoms with Crippen molar-refractivity contribution in [3.63, 3.8) is 0 Å². The van der Waals surface area contributed by atoms with Gasteiger partial charge in [-0.2, -0.15) is 0 Å². The van der Waals surface area contributed by atoms with E-state index in [0.717, 1.165) is 0 Å². The number of hydrogen-bond donors (Lipinski definition) is 2. The predicted molar refractivity (Wildman–Crippen MR) is 93.1 cm³/mol. The number of halogens is 2. The number of carbonyl (C=O) groups excluding carboxylic acids is 1. The molecule has 0 radical (unpaired) electrons. The minimum absolute atomic E-state index is 0.124. The van der Waals surface area contributed by atoms with Crippen LogP contribution in [0, 0.1) is 0 Å². The number of rotatable bonds is 4. The van der Waals surface area contributed by atoms with Crippen molar-refractivity contribution < 1.29 is 14.3 Å². The molecule has 0 aliphatic carbocycles. The van der Waals surface area contributed by atoms with E-state index in [1.807, 2.05) is 12.1 Å². The molecule has 7 heteroatoms. The SMILES string of the molecule is C=C(NNC(=O)C1COc2ccccc2O1)c1ccc(Cl)cc1Cl. The Kier molecular flexibility index (Phi) is 4.83. The summed E-state index contributed by atoms with van der Waals surface area (Å²) in [6.45, 7) is 3.97. The molecule has 5 nitrogen and oxygen atoms in total. The molecule has 2 aromatic carbocycles. The zero-order valence-electron chi connectivity index (χ0n) is 12.5. The van der Waals surface area contributed by atoms with Gasteiger partial charge in [-0.05, 0) is 30.3 Å². The van der Waals surface area contributed by atoms with Crippen molar-refractivity contribution in [3.05, 3.63) is 64.7 Å². The molecule has 1 aliphatic rings. The molecule has 0 aromatic heterocycles. The van der Waals surface area contributed by atoms with E-state index in [0.29, 0.717) is 32.8 Å². The van der Waals surface area contributed by atoms with Crippen LogP contribution in [0.3, 0.4) is 0 Å². The van der Waals surface area contributed by atoms with Crippen molar-refractivity contribution in [2.45, 2.75) is 6.10 Å². The van der Waals surface area contributed by atoms with Gasteiger partial charge in [-0.25, -0.2) is 0 Å². The molecule has 24 heavy (non-hydrogen) atoms. The second-order valence-corrected chi connectivity index (χ2v) is 5.92. The minimum Gasteiger partial charge on any atom is -0.485 e. The van der Waals surface area contributed by atoms with E-state index in [4.69, 9.17) is 32.7 Å². The minimum atomic E-state index is -0.763. The van der Waals surface area contributed by atoms with Gasteiger partial charge in [0.2, 0.25) is 6.10 Å². The summed E-state index contributed by atoms with van der Waals surface area (Å²) in [4.78, 5) is 12.2. The maximum Gasteiger partial charge on any atom is 0.282 e. The monoisotopic (exact) mass is 364 g/mol. The fraction of sp³-hybridized carbons (Fsp3) is 0.118. The largest absolute Gasteiger partial charge is 0.485 e. The van der Waals surface area contributed by atoms with E-state index in [1.54, 1.807) is 30.3 Å². The highest BCUT2D eigenvalue weighted by Crippen LogP contribution is 2.31. The van der Waals surface area contributed by atoms with Crippen molar-refractivity contribution in [1.82, 2.24) is 10.9 Å². The Morgan fingerprint density at radius 1 is 1.12 bits per heavy atom. The van der Waals surface area contributed by atoms with Gasteiger partial charge in [-0.15, -0.1) is 0 Å². The summed E-state index contributed by atoms with van der Waals surface area (Å²) in [5, 5.41) is 0.951. The number of ether oxygens (including phenoxy) is 2. The number of carbonyl (C=O) groups is 1. The first-order chi connectivity index (χ1) is 11.5. The molecule has 0 saturated heterocycles. The molecule has 2 aromatic rings. The highest BCUT2D eigenvalue weighted by Gasteiger charge is 2.27. The third-order valence-electron chi connectivity index (χ3n) is 3.39. The Balaban J connectivity index is 1.59. The first-order valence-corrected chi connectivity index (χ1v) is 7.89. The average molecular weight is 365 g/mol. The van der Waals surface area contributed by atoms with Gasteiger partial charge in [0, 0.05) is 10.6 Å². The number of nitrogens with one attached hydrogen (secondary N) is 2. The van der Waals surface area contributed by atoms with E-state index in [1.165, 1.54) is 0 Å². The molecule has 0 bridgehead atoms. The third kappa shape index (κ3) is 3.58. The van der Waals surface area contributed by atoms with Crippen LogP contribution in [0.5, 0.6) is 11.5 Å². The molecule has 0 fully saturated rings. The summed E-state index contributed by atoms with van der Waals surface area (Å²) in [6.07, 6.45) is -0.763. The lowest BCUT2D eigenvalue weighted by Crippen LogP contribution is -2.48. The summed E-state index contributed by atoms with van der Waals surface area (Å²) < 4.78 is 11.1. The lowest BCUT2D eigenvalue weighted by molar-refractivity contribution is -0.131. The predicted octanol–water partition coefficient (Wildman–Crippen LogP) is 3.42. The van der Waals surface area contributed by atoms with Gasteiger partial charge in [0.25, 0.3) is 5.91 Å². The van der Waals surface area contributed by atoms with Crippen LogP contribution in [0.1, 0.15) is 5.56 Å². The molecular formula is C17H14Cl2N2O3. The van der Waals surface area contributed by atoms with Gasteiger partial charge < -0.3 is 9.47 Å². The summed E-state index contributed by atoms with van der Waals surface area (Å²) >= 11 is 12.0. The van der Waals surface area contributed by atoms with Crippen LogP contribution in [0.4, 0.5) is 0 Å². The third-order valence-corrected chi connectivity index (χ3v) is 3.94. The zero-order chi connectivity index (χ0) is 17.1. The Morgan fingerprint density at radius 2 is 1.88 bits per heavy atom. The van der Waals surface area contributed by atoms with E-state index in [9.17, 15) is 4.79 Å². The Labute approximate surface area is 149 Å². The quantitative estimate of drug-likeness (QED) is 0.816. The smallest absolute Gasteiger partial charge is 0.282 e. The first-order valence-electron chi connectivity index (χ1n) is 7.13. The highest BCUT2D eigenvalue weighted by atomic mass is 35.5. The van der Waals surface area contributed by atoms with Gasteiger partial charge >= 0.3 is 0 Å². The van der Waals surface area contributed by atoms with Crippen LogP contribution in [0.25, 0.3) is 5.70 Å². The lowest BCUT2D eigenvalue weighted by atomic mass is 10.2. The van der Waals surface area contributed by atoms with E-state index < -0.39 is 6.10 Å². The van der Waals surface area contributed by atoms with Crippen molar-refractivity contribution in [2.75, 3.05) is 6.61 Å². The van der Waals surface area contributed by atoms with Crippen molar-refractivity contribution in [1.29, 1.82) is 0 Å². The van der Waals surface area contributed by atoms with Gasteiger partial charge in [0.15, 0.2) is 11.5 Å². The van der Waals surface area contributed by atoms with Crippen LogP contribution in [0.2, 0.25) is 10.0 Å².